The lowest BCUT2D eigenvalue weighted by molar-refractivity contribution is 0.136. The molecular weight excluding hydrogens is 304 g/mol. The number of ether oxygens (including phenoxy) is 1. The molecule has 1 amide bonds. The maximum atomic E-state index is 11.7. The van der Waals surface area contributed by atoms with E-state index in [2.05, 4.69) is 10.2 Å². The normalized spacial score (nSPS) is 10.6. The molecule has 0 aliphatic carbocycles. The number of rotatable bonds is 9. The molecule has 0 atom stereocenters. The van der Waals surface area contributed by atoms with Crippen molar-refractivity contribution in [2.75, 3.05) is 26.2 Å². The first kappa shape index (κ1) is 18.0. The molecule has 2 aromatic rings. The molecule has 128 valence electrons. The van der Waals surface area contributed by atoms with Crippen LogP contribution in [0.2, 0.25) is 0 Å². The van der Waals surface area contributed by atoms with Crippen LogP contribution in [0.4, 0.5) is 4.79 Å². The Hall–Kier alpha value is -2.37. The van der Waals surface area contributed by atoms with Gasteiger partial charge in [-0.15, -0.1) is 0 Å². The molecular formula is C19H24N2O3. The van der Waals surface area contributed by atoms with Crippen molar-refractivity contribution >= 4 is 6.09 Å². The van der Waals surface area contributed by atoms with Gasteiger partial charge in [0.2, 0.25) is 0 Å². The fraction of sp³-hybridized carbons (Fsp3) is 0.316. The third-order valence-corrected chi connectivity index (χ3v) is 3.58. The van der Waals surface area contributed by atoms with E-state index in [1.54, 1.807) is 0 Å². The van der Waals surface area contributed by atoms with Crippen LogP contribution in [0.3, 0.4) is 0 Å². The summed E-state index contributed by atoms with van der Waals surface area (Å²) >= 11 is 0. The minimum atomic E-state index is -0.428. The van der Waals surface area contributed by atoms with Crippen LogP contribution in [0.5, 0.6) is 0 Å². The van der Waals surface area contributed by atoms with Gasteiger partial charge < -0.3 is 15.2 Å². The fourth-order valence-electron chi connectivity index (χ4n) is 2.34. The van der Waals surface area contributed by atoms with Gasteiger partial charge in [0.05, 0.1) is 6.61 Å². The van der Waals surface area contributed by atoms with Gasteiger partial charge in [0.1, 0.15) is 6.61 Å². The summed E-state index contributed by atoms with van der Waals surface area (Å²) < 4.78 is 5.17. The van der Waals surface area contributed by atoms with E-state index in [4.69, 9.17) is 4.74 Å². The van der Waals surface area contributed by atoms with E-state index in [1.165, 1.54) is 5.56 Å². The van der Waals surface area contributed by atoms with Crippen molar-refractivity contribution in [1.29, 1.82) is 0 Å². The highest BCUT2D eigenvalue weighted by atomic mass is 16.5. The highest BCUT2D eigenvalue weighted by Gasteiger charge is 2.07. The molecule has 0 heterocycles. The summed E-state index contributed by atoms with van der Waals surface area (Å²) in [5.41, 5.74) is 2.14. The second-order valence-electron chi connectivity index (χ2n) is 5.47. The predicted octanol–water partition coefficient (Wildman–Crippen LogP) is 2.41. The molecule has 0 unspecified atom stereocenters. The first-order chi connectivity index (χ1) is 11.8. The fourth-order valence-corrected chi connectivity index (χ4v) is 2.34. The highest BCUT2D eigenvalue weighted by Crippen LogP contribution is 2.04. The van der Waals surface area contributed by atoms with Crippen LogP contribution in [0.1, 0.15) is 11.1 Å². The molecule has 0 radical (unpaired) electrons. The minimum absolute atomic E-state index is 0.0886. The van der Waals surface area contributed by atoms with Crippen LogP contribution in [-0.4, -0.2) is 42.3 Å². The first-order valence-electron chi connectivity index (χ1n) is 8.09. The molecule has 0 aromatic heterocycles. The van der Waals surface area contributed by atoms with Crippen molar-refractivity contribution < 1.29 is 14.6 Å². The maximum Gasteiger partial charge on any atom is 0.407 e. The van der Waals surface area contributed by atoms with E-state index in [9.17, 15) is 9.90 Å². The molecule has 5 heteroatoms. The molecule has 0 bridgehead atoms. The second kappa shape index (κ2) is 10.4. The summed E-state index contributed by atoms with van der Waals surface area (Å²) in [4.78, 5) is 13.8. The number of hydrogen-bond acceptors (Lipinski definition) is 4. The first-order valence-corrected chi connectivity index (χ1v) is 8.09. The van der Waals surface area contributed by atoms with Crippen molar-refractivity contribution in [3.8, 4) is 0 Å². The average Bonchev–Trinajstić information content (AvgIpc) is 2.62. The molecule has 0 saturated carbocycles. The highest BCUT2D eigenvalue weighted by molar-refractivity contribution is 5.67. The molecule has 0 aliphatic heterocycles. The van der Waals surface area contributed by atoms with E-state index < -0.39 is 6.09 Å². The zero-order valence-electron chi connectivity index (χ0n) is 13.7. The van der Waals surface area contributed by atoms with Gasteiger partial charge in [-0.2, -0.15) is 0 Å². The number of aliphatic hydroxyl groups excluding tert-OH is 1. The molecule has 0 saturated heterocycles. The number of carbonyl (C=O) groups excluding carboxylic acids is 1. The Balaban J connectivity index is 1.69. The van der Waals surface area contributed by atoms with Gasteiger partial charge in [-0.25, -0.2) is 4.79 Å². The lowest BCUT2D eigenvalue weighted by atomic mass is 10.2. The Morgan fingerprint density at radius 1 is 0.958 bits per heavy atom. The second-order valence-corrected chi connectivity index (χ2v) is 5.47. The Morgan fingerprint density at radius 3 is 2.21 bits per heavy atom. The summed E-state index contributed by atoms with van der Waals surface area (Å²) in [7, 11) is 0. The van der Waals surface area contributed by atoms with Gasteiger partial charge in [-0.05, 0) is 11.1 Å². The van der Waals surface area contributed by atoms with Gasteiger partial charge in [0, 0.05) is 26.2 Å². The van der Waals surface area contributed by atoms with Crippen LogP contribution in [-0.2, 0) is 17.9 Å². The number of alkyl carbamates (subject to hydrolysis) is 1. The number of amides is 1. The number of nitrogens with one attached hydrogen (secondary N) is 1. The third kappa shape index (κ3) is 6.81. The number of hydrogen-bond donors (Lipinski definition) is 2. The number of carbonyl (C=O) groups is 1. The predicted molar refractivity (Wildman–Crippen MR) is 93.4 cm³/mol. The Kier molecular flexibility index (Phi) is 7.80. The van der Waals surface area contributed by atoms with Crippen molar-refractivity contribution in [2.45, 2.75) is 13.2 Å². The van der Waals surface area contributed by atoms with E-state index in [0.29, 0.717) is 19.6 Å². The lowest BCUT2D eigenvalue weighted by Crippen LogP contribution is -2.36. The minimum Gasteiger partial charge on any atom is -0.445 e. The quantitative estimate of drug-likeness (QED) is 0.742. The van der Waals surface area contributed by atoms with E-state index in [-0.39, 0.29) is 13.2 Å². The van der Waals surface area contributed by atoms with Gasteiger partial charge in [0.25, 0.3) is 0 Å². The Labute approximate surface area is 142 Å². The Bertz CT molecular complexity index is 590. The summed E-state index contributed by atoms with van der Waals surface area (Å²) in [6, 6.07) is 19.6. The van der Waals surface area contributed by atoms with E-state index in [0.717, 1.165) is 12.1 Å². The molecule has 2 rings (SSSR count). The molecule has 2 N–H and O–H groups in total. The molecule has 0 spiro atoms. The largest absolute Gasteiger partial charge is 0.445 e. The molecule has 0 aliphatic rings. The van der Waals surface area contributed by atoms with Crippen LogP contribution < -0.4 is 5.32 Å². The van der Waals surface area contributed by atoms with Crippen LogP contribution in [0.15, 0.2) is 60.7 Å². The van der Waals surface area contributed by atoms with Gasteiger partial charge >= 0.3 is 6.09 Å². The van der Waals surface area contributed by atoms with Gasteiger partial charge in [0.15, 0.2) is 0 Å². The van der Waals surface area contributed by atoms with Crippen molar-refractivity contribution in [3.63, 3.8) is 0 Å². The van der Waals surface area contributed by atoms with Crippen molar-refractivity contribution in [3.05, 3.63) is 71.8 Å². The summed E-state index contributed by atoms with van der Waals surface area (Å²) in [5.74, 6) is 0. The SMILES string of the molecule is O=C(NCCN(CCO)Cc1ccccc1)OCc1ccccc1. The van der Waals surface area contributed by atoms with E-state index >= 15 is 0 Å². The average molecular weight is 328 g/mol. The van der Waals surface area contributed by atoms with Crippen LogP contribution in [0, 0.1) is 0 Å². The van der Waals surface area contributed by atoms with E-state index in [1.807, 2.05) is 60.7 Å². The summed E-state index contributed by atoms with van der Waals surface area (Å²) in [6.45, 7) is 2.77. The summed E-state index contributed by atoms with van der Waals surface area (Å²) in [5, 5.41) is 11.9. The lowest BCUT2D eigenvalue weighted by Gasteiger charge is -2.21. The molecule has 0 fully saturated rings. The monoisotopic (exact) mass is 328 g/mol. The zero-order valence-corrected chi connectivity index (χ0v) is 13.7. The topological polar surface area (TPSA) is 61.8 Å². The Morgan fingerprint density at radius 2 is 1.58 bits per heavy atom. The van der Waals surface area contributed by atoms with Crippen molar-refractivity contribution in [2.24, 2.45) is 0 Å². The molecule has 5 nitrogen and oxygen atoms in total. The van der Waals surface area contributed by atoms with Crippen molar-refractivity contribution in [1.82, 2.24) is 10.2 Å². The maximum absolute atomic E-state index is 11.7. The molecule has 2 aromatic carbocycles. The van der Waals surface area contributed by atoms with Gasteiger partial charge in [-0.1, -0.05) is 60.7 Å². The zero-order chi connectivity index (χ0) is 17.0. The number of aliphatic hydroxyl groups is 1. The standard InChI is InChI=1S/C19H24N2O3/c22-14-13-21(15-17-7-3-1-4-8-17)12-11-20-19(23)24-16-18-9-5-2-6-10-18/h1-10,22H,11-16H2,(H,20,23). The molecule has 24 heavy (non-hydrogen) atoms. The number of benzene rings is 2. The summed E-state index contributed by atoms with van der Waals surface area (Å²) in [6.07, 6.45) is -0.428. The number of nitrogens with zero attached hydrogens (tertiary/aromatic N) is 1. The van der Waals surface area contributed by atoms with Crippen LogP contribution in [0.25, 0.3) is 0 Å². The third-order valence-electron chi connectivity index (χ3n) is 3.58. The van der Waals surface area contributed by atoms with Crippen LogP contribution >= 0.6 is 0 Å². The van der Waals surface area contributed by atoms with Gasteiger partial charge in [-0.3, -0.25) is 4.90 Å². The smallest absolute Gasteiger partial charge is 0.407 e.